The number of halogens is 1. The van der Waals surface area contributed by atoms with Crippen LogP contribution in [0.4, 0.5) is 0 Å². The predicted molar refractivity (Wildman–Crippen MR) is 80.2 cm³/mol. The Bertz CT molecular complexity index is 337. The van der Waals surface area contributed by atoms with Crippen molar-refractivity contribution >= 4 is 27.3 Å². The van der Waals surface area contributed by atoms with E-state index >= 15 is 0 Å². The van der Waals surface area contributed by atoms with Crippen molar-refractivity contribution in [2.45, 2.75) is 51.6 Å². The van der Waals surface area contributed by atoms with Gasteiger partial charge in [0.2, 0.25) is 0 Å². The fourth-order valence-corrected chi connectivity index (χ4v) is 3.95. The molecule has 1 fully saturated rings. The molecule has 1 saturated heterocycles. The van der Waals surface area contributed by atoms with Gasteiger partial charge in [0, 0.05) is 27.7 Å². The molecule has 0 spiro atoms. The summed E-state index contributed by atoms with van der Waals surface area (Å²) in [5, 5.41) is 1.15. The summed E-state index contributed by atoms with van der Waals surface area (Å²) in [5.41, 5.74) is 0. The molecular weight excluding hydrogens is 294 g/mol. The number of nitrogens with zero attached hydrogens (tertiary/aromatic N) is 1. The maximum absolute atomic E-state index is 3.54. The lowest BCUT2D eigenvalue weighted by molar-refractivity contribution is 0.236. The second-order valence-electron chi connectivity index (χ2n) is 4.82. The topological polar surface area (TPSA) is 3.24 Å². The highest BCUT2D eigenvalue weighted by Crippen LogP contribution is 2.26. The average Bonchev–Trinajstić information content (AvgIpc) is 2.96. The van der Waals surface area contributed by atoms with Gasteiger partial charge in [0.25, 0.3) is 0 Å². The molecule has 1 aromatic rings. The number of thiophene rings is 1. The van der Waals surface area contributed by atoms with Crippen LogP contribution in [-0.2, 0) is 13.0 Å². The Morgan fingerprint density at radius 3 is 2.94 bits per heavy atom. The molecule has 0 bridgehead atoms. The molecule has 0 saturated carbocycles. The Kier molecular flexibility index (Phi) is 5.51. The van der Waals surface area contributed by atoms with Gasteiger partial charge in [-0.25, -0.2) is 0 Å². The summed E-state index contributed by atoms with van der Waals surface area (Å²) in [5.74, 6) is 0. The molecule has 1 unspecified atom stereocenters. The quantitative estimate of drug-likeness (QED) is 0.701. The third-order valence-electron chi connectivity index (χ3n) is 3.59. The molecule has 2 rings (SSSR count). The summed E-state index contributed by atoms with van der Waals surface area (Å²) < 4.78 is 0. The second kappa shape index (κ2) is 6.91. The second-order valence-corrected chi connectivity index (χ2v) is 6.87. The first-order chi connectivity index (χ1) is 8.33. The summed E-state index contributed by atoms with van der Waals surface area (Å²) in [6, 6.07) is 5.45. The van der Waals surface area contributed by atoms with E-state index in [4.69, 9.17) is 0 Å². The largest absolute Gasteiger partial charge is 0.295 e. The molecule has 1 nitrogen and oxygen atoms in total. The van der Waals surface area contributed by atoms with E-state index in [1.54, 1.807) is 4.88 Å². The Morgan fingerprint density at radius 2 is 2.24 bits per heavy atom. The minimum Gasteiger partial charge on any atom is -0.295 e. The van der Waals surface area contributed by atoms with Crippen molar-refractivity contribution in [1.82, 2.24) is 4.90 Å². The van der Waals surface area contributed by atoms with Gasteiger partial charge in [0.1, 0.15) is 0 Å². The van der Waals surface area contributed by atoms with Gasteiger partial charge in [0.05, 0.1) is 0 Å². The van der Waals surface area contributed by atoms with Crippen LogP contribution in [0.5, 0.6) is 0 Å². The predicted octanol–water partition coefficient (Wildman–Crippen LogP) is 4.45. The lowest BCUT2D eigenvalue weighted by Crippen LogP contribution is -2.28. The summed E-state index contributed by atoms with van der Waals surface area (Å²) in [4.78, 5) is 5.76. The number of rotatable bonds is 6. The van der Waals surface area contributed by atoms with Gasteiger partial charge >= 0.3 is 0 Å². The molecule has 0 aromatic carbocycles. The highest BCUT2D eigenvalue weighted by Gasteiger charge is 2.24. The van der Waals surface area contributed by atoms with E-state index in [-0.39, 0.29) is 0 Å². The zero-order valence-corrected chi connectivity index (χ0v) is 13.0. The van der Waals surface area contributed by atoms with E-state index in [9.17, 15) is 0 Å². The first-order valence-corrected chi connectivity index (χ1v) is 8.65. The molecule has 1 aliphatic rings. The van der Waals surface area contributed by atoms with Crippen LogP contribution in [-0.4, -0.2) is 22.8 Å². The number of hydrogen-bond donors (Lipinski definition) is 0. The van der Waals surface area contributed by atoms with E-state index in [1.165, 1.54) is 50.1 Å². The van der Waals surface area contributed by atoms with E-state index < -0.39 is 0 Å². The Morgan fingerprint density at radius 1 is 1.41 bits per heavy atom. The zero-order chi connectivity index (χ0) is 12.1. The van der Waals surface area contributed by atoms with Crippen molar-refractivity contribution in [3.05, 3.63) is 21.9 Å². The fourth-order valence-electron chi connectivity index (χ4n) is 2.64. The number of hydrogen-bond acceptors (Lipinski definition) is 2. The molecule has 3 heteroatoms. The van der Waals surface area contributed by atoms with E-state index in [2.05, 4.69) is 39.9 Å². The van der Waals surface area contributed by atoms with Crippen LogP contribution in [0.25, 0.3) is 0 Å². The lowest BCUT2D eigenvalue weighted by Gasteiger charge is -2.23. The molecule has 0 radical (unpaired) electrons. The summed E-state index contributed by atoms with van der Waals surface area (Å²) >= 11 is 5.53. The summed E-state index contributed by atoms with van der Waals surface area (Å²) in [6.45, 7) is 4.72. The Hall–Kier alpha value is 0.140. The van der Waals surface area contributed by atoms with Gasteiger partial charge in [-0.15, -0.1) is 11.3 Å². The standard InChI is InChI=1S/C14H22BrNS/c1-2-13-7-8-14(17-13)11-16-10-4-6-12(16)5-3-9-15/h7-8,12H,2-6,9-11H2,1H3. The molecule has 17 heavy (non-hydrogen) atoms. The monoisotopic (exact) mass is 315 g/mol. The summed E-state index contributed by atoms with van der Waals surface area (Å²) in [7, 11) is 0. The third kappa shape index (κ3) is 3.80. The fraction of sp³-hybridized carbons (Fsp3) is 0.714. The molecular formula is C14H22BrNS. The molecule has 0 N–H and O–H groups in total. The molecule has 1 aromatic heterocycles. The molecule has 1 aliphatic heterocycles. The first-order valence-electron chi connectivity index (χ1n) is 6.71. The third-order valence-corrected chi connectivity index (χ3v) is 5.37. The minimum atomic E-state index is 0.833. The van der Waals surface area contributed by atoms with Crippen molar-refractivity contribution in [2.75, 3.05) is 11.9 Å². The van der Waals surface area contributed by atoms with E-state index in [1.807, 2.05) is 11.3 Å². The SMILES string of the molecule is CCc1ccc(CN2CCCC2CCCBr)s1. The van der Waals surface area contributed by atoms with Crippen LogP contribution in [0, 0.1) is 0 Å². The number of aryl methyl sites for hydroxylation is 1. The van der Waals surface area contributed by atoms with Crippen LogP contribution in [0.3, 0.4) is 0 Å². The number of alkyl halides is 1. The smallest absolute Gasteiger partial charge is 0.0330 e. The van der Waals surface area contributed by atoms with Gasteiger partial charge in [-0.3, -0.25) is 4.90 Å². The Labute approximate surface area is 117 Å². The maximum atomic E-state index is 3.54. The van der Waals surface area contributed by atoms with Crippen molar-refractivity contribution in [3.8, 4) is 0 Å². The number of likely N-dealkylation sites (tertiary alicyclic amines) is 1. The van der Waals surface area contributed by atoms with Gasteiger partial charge < -0.3 is 0 Å². The molecule has 1 atom stereocenters. The summed E-state index contributed by atoms with van der Waals surface area (Å²) in [6.07, 6.45) is 6.64. The van der Waals surface area contributed by atoms with Crippen LogP contribution < -0.4 is 0 Å². The highest BCUT2D eigenvalue weighted by molar-refractivity contribution is 9.09. The molecule has 2 heterocycles. The van der Waals surface area contributed by atoms with Crippen molar-refractivity contribution in [1.29, 1.82) is 0 Å². The van der Waals surface area contributed by atoms with Crippen LogP contribution in [0.15, 0.2) is 12.1 Å². The zero-order valence-electron chi connectivity index (χ0n) is 10.6. The highest BCUT2D eigenvalue weighted by atomic mass is 79.9. The normalized spacial score (nSPS) is 21.2. The molecule has 0 amide bonds. The van der Waals surface area contributed by atoms with Crippen LogP contribution in [0.1, 0.15) is 42.4 Å². The maximum Gasteiger partial charge on any atom is 0.0330 e. The minimum absolute atomic E-state index is 0.833. The lowest BCUT2D eigenvalue weighted by atomic mass is 10.1. The van der Waals surface area contributed by atoms with Gasteiger partial charge in [-0.05, 0) is 50.8 Å². The van der Waals surface area contributed by atoms with Crippen molar-refractivity contribution in [3.63, 3.8) is 0 Å². The van der Waals surface area contributed by atoms with E-state index in [0.29, 0.717) is 0 Å². The van der Waals surface area contributed by atoms with Gasteiger partial charge in [-0.2, -0.15) is 0 Å². The van der Waals surface area contributed by atoms with Crippen molar-refractivity contribution < 1.29 is 0 Å². The average molecular weight is 316 g/mol. The van der Waals surface area contributed by atoms with Crippen LogP contribution in [0.2, 0.25) is 0 Å². The van der Waals surface area contributed by atoms with Gasteiger partial charge in [0.15, 0.2) is 0 Å². The van der Waals surface area contributed by atoms with Crippen molar-refractivity contribution in [2.24, 2.45) is 0 Å². The van der Waals surface area contributed by atoms with Gasteiger partial charge in [-0.1, -0.05) is 22.9 Å². The molecule has 0 aliphatic carbocycles. The van der Waals surface area contributed by atoms with E-state index in [0.717, 1.165) is 11.4 Å². The molecule has 96 valence electrons. The van der Waals surface area contributed by atoms with Crippen LogP contribution >= 0.6 is 27.3 Å². The Balaban J connectivity index is 1.88. The first kappa shape index (κ1) is 13.6.